The number of unbranched alkanes of at least 4 members (excludes halogenated alkanes) is 15. The van der Waals surface area contributed by atoms with Crippen LogP contribution in [0.2, 0.25) is 0 Å². The summed E-state index contributed by atoms with van der Waals surface area (Å²) in [6.07, 6.45) is 16.6. The fourth-order valence-corrected chi connectivity index (χ4v) is 7.43. The van der Waals surface area contributed by atoms with E-state index in [1.54, 1.807) is 4.90 Å². The van der Waals surface area contributed by atoms with Gasteiger partial charge in [0.1, 0.15) is 36.3 Å². The van der Waals surface area contributed by atoms with Crippen LogP contribution in [0.4, 0.5) is 0 Å². The lowest BCUT2D eigenvalue weighted by Gasteiger charge is -2.44. The van der Waals surface area contributed by atoms with Gasteiger partial charge in [0.25, 0.3) is 0 Å². The first-order valence-corrected chi connectivity index (χ1v) is 22.1. The predicted molar refractivity (Wildman–Crippen MR) is 223 cm³/mol. The average molecular weight is 804 g/mol. The minimum atomic E-state index is -1.52. The van der Waals surface area contributed by atoms with Gasteiger partial charge in [-0.3, -0.25) is 19.2 Å². The molecule has 2 rings (SSSR count). The van der Waals surface area contributed by atoms with Crippen molar-refractivity contribution in [1.29, 1.82) is 0 Å². The second-order valence-electron chi connectivity index (χ2n) is 16.5. The molecule has 1 aliphatic heterocycles. The molecule has 1 aromatic rings. The molecule has 7 atom stereocenters. The van der Waals surface area contributed by atoms with Gasteiger partial charge in [0.15, 0.2) is 6.29 Å². The van der Waals surface area contributed by atoms with Crippen molar-refractivity contribution in [2.24, 2.45) is 11.8 Å². The Bertz CT molecular complexity index is 1260. The number of rotatable bonds is 31. The molecule has 12 heteroatoms. The van der Waals surface area contributed by atoms with Crippen LogP contribution in [0.25, 0.3) is 0 Å². The molecular formula is C45H77N3O9. The second kappa shape index (κ2) is 29.2. The first-order valence-electron chi connectivity index (χ1n) is 22.1. The minimum absolute atomic E-state index is 0.0260. The van der Waals surface area contributed by atoms with E-state index in [2.05, 4.69) is 29.7 Å². The SMILES string of the molecule is CCCCCCCCCCCCCCCCCC(=O)N(CCCCc1ccccc1)C[C@H]1O[C@H](OC)[C@H](NC(=O)[C@H](CC(C)C)NC(=O)C(C)C(=O)O)[C@@H](O)[C@@H]1O. The minimum Gasteiger partial charge on any atom is -0.481 e. The standard InChI is InChI=1S/C45H77N3O9/c1-6-7-8-9-10-11-12-13-14-15-16-17-18-19-23-29-38(49)48(30-25-24-28-35-26-21-20-22-27-35)32-37-40(50)41(51)39(45(56-5)57-37)47-43(53)36(31-33(2)3)46-42(52)34(4)44(54)55/h20-22,26-27,33-34,36-37,39-41,45,50-51H,6-19,23-25,28-32H2,1-5H3,(H,46,52)(H,47,53)(H,54,55)/t34?,36-,37+,39+,40+,41+,45-/m0/s1. The number of amides is 3. The highest BCUT2D eigenvalue weighted by molar-refractivity contribution is 5.98. The summed E-state index contributed by atoms with van der Waals surface area (Å²) >= 11 is 0. The van der Waals surface area contributed by atoms with Crippen LogP contribution in [0.1, 0.15) is 155 Å². The first-order chi connectivity index (χ1) is 27.4. The van der Waals surface area contributed by atoms with Crippen molar-refractivity contribution in [3.63, 3.8) is 0 Å². The third kappa shape index (κ3) is 20.0. The smallest absolute Gasteiger partial charge is 0.315 e. The summed E-state index contributed by atoms with van der Waals surface area (Å²) in [4.78, 5) is 52.7. The van der Waals surface area contributed by atoms with Gasteiger partial charge in [-0.05, 0) is 50.5 Å². The number of aliphatic carboxylic acids is 1. The summed E-state index contributed by atoms with van der Waals surface area (Å²) in [5, 5.41) is 37.1. The van der Waals surface area contributed by atoms with Crippen LogP contribution in [0, 0.1) is 11.8 Å². The number of nitrogens with zero attached hydrogens (tertiary/aromatic N) is 1. The number of carboxylic acids is 1. The summed E-state index contributed by atoms with van der Waals surface area (Å²) < 4.78 is 11.7. The van der Waals surface area contributed by atoms with Crippen LogP contribution in [-0.4, -0.2) is 101 Å². The molecule has 0 saturated carbocycles. The fraction of sp³-hybridized carbons (Fsp3) is 0.778. The van der Waals surface area contributed by atoms with Gasteiger partial charge >= 0.3 is 5.97 Å². The maximum atomic E-state index is 13.7. The number of nitrogens with one attached hydrogen (secondary N) is 2. The number of ether oxygens (including phenoxy) is 2. The molecule has 57 heavy (non-hydrogen) atoms. The van der Waals surface area contributed by atoms with Crippen LogP contribution in [0.3, 0.4) is 0 Å². The number of aryl methyl sites for hydroxylation is 1. The first kappa shape index (κ1) is 50.1. The molecule has 1 fully saturated rings. The molecule has 0 spiro atoms. The van der Waals surface area contributed by atoms with Crippen LogP contribution < -0.4 is 10.6 Å². The maximum Gasteiger partial charge on any atom is 0.315 e. The zero-order valence-electron chi connectivity index (χ0n) is 35.8. The Morgan fingerprint density at radius 1 is 0.772 bits per heavy atom. The number of hydrogen-bond acceptors (Lipinski definition) is 8. The fourth-order valence-electron chi connectivity index (χ4n) is 7.43. The lowest BCUT2D eigenvalue weighted by Crippen LogP contribution is -2.67. The monoisotopic (exact) mass is 804 g/mol. The van der Waals surface area contributed by atoms with Crippen molar-refractivity contribution in [3.05, 3.63) is 35.9 Å². The van der Waals surface area contributed by atoms with Crippen molar-refractivity contribution < 1.29 is 44.0 Å². The second-order valence-corrected chi connectivity index (χ2v) is 16.5. The van der Waals surface area contributed by atoms with Crippen molar-refractivity contribution >= 4 is 23.7 Å². The summed E-state index contributed by atoms with van der Waals surface area (Å²) in [6, 6.07) is 7.89. The van der Waals surface area contributed by atoms with Gasteiger partial charge in [-0.1, -0.05) is 141 Å². The van der Waals surface area contributed by atoms with Crippen LogP contribution in [0.15, 0.2) is 30.3 Å². The summed E-state index contributed by atoms with van der Waals surface area (Å²) in [5.74, 6) is -4.24. The third-order valence-electron chi connectivity index (χ3n) is 11.1. The van der Waals surface area contributed by atoms with E-state index in [4.69, 9.17) is 9.47 Å². The number of aliphatic hydroxyl groups is 2. The quantitative estimate of drug-likeness (QED) is 0.0394. The summed E-state index contributed by atoms with van der Waals surface area (Å²) in [6.45, 7) is 7.71. The molecule has 12 nitrogen and oxygen atoms in total. The number of benzene rings is 1. The highest BCUT2D eigenvalue weighted by atomic mass is 16.7. The highest BCUT2D eigenvalue weighted by Crippen LogP contribution is 2.24. The van der Waals surface area contributed by atoms with E-state index in [9.17, 15) is 34.5 Å². The number of carboxylic acid groups (broad SMARTS) is 1. The van der Waals surface area contributed by atoms with Crippen molar-refractivity contribution in [1.82, 2.24) is 15.5 Å². The highest BCUT2D eigenvalue weighted by Gasteiger charge is 2.47. The van der Waals surface area contributed by atoms with E-state index in [1.807, 2.05) is 32.0 Å². The molecule has 1 aromatic carbocycles. The lowest BCUT2D eigenvalue weighted by atomic mass is 9.95. The van der Waals surface area contributed by atoms with E-state index in [-0.39, 0.29) is 24.8 Å². The van der Waals surface area contributed by atoms with Gasteiger partial charge in [0, 0.05) is 26.6 Å². The molecular weight excluding hydrogens is 727 g/mol. The van der Waals surface area contributed by atoms with Gasteiger partial charge < -0.3 is 40.3 Å². The molecule has 1 heterocycles. The van der Waals surface area contributed by atoms with Gasteiger partial charge in [-0.15, -0.1) is 0 Å². The van der Waals surface area contributed by atoms with Crippen molar-refractivity contribution in [2.75, 3.05) is 20.2 Å². The Morgan fingerprint density at radius 2 is 1.33 bits per heavy atom. The van der Waals surface area contributed by atoms with Crippen LogP contribution in [0.5, 0.6) is 0 Å². The molecule has 0 aliphatic carbocycles. The van der Waals surface area contributed by atoms with E-state index in [0.29, 0.717) is 13.0 Å². The van der Waals surface area contributed by atoms with E-state index >= 15 is 0 Å². The zero-order chi connectivity index (χ0) is 42.0. The number of carbonyl (C=O) groups excluding carboxylic acids is 3. The normalized spacial score (nSPS) is 20.5. The summed E-state index contributed by atoms with van der Waals surface area (Å²) in [5.41, 5.74) is 1.23. The Balaban J connectivity index is 1.94. The van der Waals surface area contributed by atoms with E-state index < -0.39 is 60.4 Å². The van der Waals surface area contributed by atoms with E-state index in [1.165, 1.54) is 96.6 Å². The van der Waals surface area contributed by atoms with Gasteiger partial charge in [-0.25, -0.2) is 0 Å². The predicted octanol–water partition coefficient (Wildman–Crippen LogP) is 6.93. The summed E-state index contributed by atoms with van der Waals surface area (Å²) in [7, 11) is 1.36. The number of carbonyl (C=O) groups is 4. The van der Waals surface area contributed by atoms with Gasteiger partial charge in [0.2, 0.25) is 17.7 Å². The molecule has 1 saturated heterocycles. The Labute approximate surface area is 343 Å². The van der Waals surface area contributed by atoms with Crippen LogP contribution >= 0.6 is 0 Å². The Kier molecular flexibility index (Phi) is 25.7. The lowest BCUT2D eigenvalue weighted by molar-refractivity contribution is -0.259. The topological polar surface area (TPSA) is 175 Å². The molecule has 0 bridgehead atoms. The zero-order valence-corrected chi connectivity index (χ0v) is 35.8. The number of hydrogen-bond donors (Lipinski definition) is 5. The Morgan fingerprint density at radius 3 is 1.86 bits per heavy atom. The number of methoxy groups -OCH3 is 1. The molecule has 1 unspecified atom stereocenters. The Hall–Kier alpha value is -3.06. The molecule has 0 aromatic heterocycles. The van der Waals surface area contributed by atoms with E-state index in [0.717, 1.165) is 38.5 Å². The van der Waals surface area contributed by atoms with Gasteiger partial charge in [0.05, 0.1) is 0 Å². The van der Waals surface area contributed by atoms with Crippen molar-refractivity contribution in [3.8, 4) is 0 Å². The van der Waals surface area contributed by atoms with Crippen molar-refractivity contribution in [2.45, 2.75) is 193 Å². The maximum absolute atomic E-state index is 13.7. The molecule has 5 N–H and O–H groups in total. The average Bonchev–Trinajstić information content (AvgIpc) is 3.19. The molecule has 0 radical (unpaired) electrons. The largest absolute Gasteiger partial charge is 0.481 e. The molecule has 1 aliphatic rings. The molecule has 3 amide bonds. The van der Waals surface area contributed by atoms with Crippen LogP contribution in [-0.2, 0) is 35.1 Å². The molecule has 326 valence electrons. The van der Waals surface area contributed by atoms with Gasteiger partial charge in [-0.2, -0.15) is 0 Å². The number of aliphatic hydroxyl groups excluding tert-OH is 2. The third-order valence-corrected chi connectivity index (χ3v) is 11.1.